The van der Waals surface area contributed by atoms with E-state index in [1.54, 1.807) is 24.3 Å². The van der Waals surface area contributed by atoms with E-state index in [0.29, 0.717) is 16.1 Å². The summed E-state index contributed by atoms with van der Waals surface area (Å²) in [5, 5.41) is 0. The number of benzene rings is 2. The summed E-state index contributed by atoms with van der Waals surface area (Å²) in [6.07, 6.45) is 0. The topological polar surface area (TPSA) is 72.5 Å². The molecule has 2 aromatic carbocycles. The van der Waals surface area contributed by atoms with Gasteiger partial charge in [-0.25, -0.2) is 17.2 Å². The van der Waals surface area contributed by atoms with Gasteiger partial charge in [0.25, 0.3) is 0 Å². The van der Waals surface area contributed by atoms with Gasteiger partial charge in [-0.3, -0.25) is 4.99 Å². The van der Waals surface area contributed by atoms with Crippen LogP contribution < -0.4 is 5.73 Å². The quantitative estimate of drug-likeness (QED) is 0.771. The minimum Gasteiger partial charge on any atom is -0.386 e. The molecule has 1 aliphatic rings. The fourth-order valence-electron chi connectivity index (χ4n) is 3.26. The van der Waals surface area contributed by atoms with Gasteiger partial charge < -0.3 is 5.73 Å². The monoisotopic (exact) mass is 442 g/mol. The Morgan fingerprint density at radius 1 is 1.15 bits per heavy atom. The molecule has 138 valence electrons. The summed E-state index contributed by atoms with van der Waals surface area (Å²) >= 11 is 3.33. The summed E-state index contributed by atoms with van der Waals surface area (Å²) in [6.45, 7) is 2.97. The van der Waals surface area contributed by atoms with Crippen molar-refractivity contribution in [2.75, 3.05) is 5.75 Å². The maximum Gasteiger partial charge on any atom is 0.169 e. The van der Waals surface area contributed by atoms with Crippen molar-refractivity contribution in [1.29, 1.82) is 0 Å². The third-order valence-corrected chi connectivity index (χ3v) is 7.96. The first kappa shape index (κ1) is 19.0. The molecule has 8 heteroatoms. The van der Waals surface area contributed by atoms with Crippen molar-refractivity contribution in [2.24, 2.45) is 10.7 Å². The van der Waals surface area contributed by atoms with E-state index in [-0.39, 0.29) is 11.4 Å². The van der Waals surface area contributed by atoms with Crippen molar-refractivity contribution < 1.29 is 17.2 Å². The van der Waals surface area contributed by atoms with Gasteiger partial charge in [0.05, 0.1) is 5.75 Å². The molecule has 0 aliphatic carbocycles. The van der Waals surface area contributed by atoms with Crippen molar-refractivity contribution in [2.45, 2.75) is 24.1 Å². The largest absolute Gasteiger partial charge is 0.386 e. The second-order valence-corrected chi connectivity index (χ2v) is 9.95. The molecule has 0 saturated carbocycles. The van der Waals surface area contributed by atoms with Gasteiger partial charge in [0, 0.05) is 16.1 Å². The summed E-state index contributed by atoms with van der Waals surface area (Å²) < 4.78 is 53.1. The number of aliphatic imine (C=N–C) groups is 1. The van der Waals surface area contributed by atoms with Crippen LogP contribution in [-0.2, 0) is 20.1 Å². The molecule has 3 rings (SSSR count). The number of rotatable bonds is 2. The molecule has 0 saturated heterocycles. The van der Waals surface area contributed by atoms with Gasteiger partial charge in [0.15, 0.2) is 14.6 Å². The van der Waals surface area contributed by atoms with Crippen LogP contribution in [-0.4, -0.2) is 20.0 Å². The first-order valence-corrected chi connectivity index (χ1v) is 10.2. The molecule has 0 aromatic heterocycles. The van der Waals surface area contributed by atoms with Crippen molar-refractivity contribution in [1.82, 2.24) is 0 Å². The van der Waals surface area contributed by atoms with E-state index < -0.39 is 37.5 Å². The van der Waals surface area contributed by atoms with Crippen LogP contribution in [0.4, 0.5) is 8.78 Å². The Hall–Kier alpha value is -1.80. The number of hydrogen-bond acceptors (Lipinski definition) is 4. The standard InChI is InChI=1S/C18H17BrF2N2O2S/c1-17(14-7-6-13(20)9-15(14)21)10-26(24,25)18(2,16(22)23-17)11-4-3-5-12(19)8-11/h3-9H,10H2,1-2H3,(H2,22,23). The molecule has 1 heterocycles. The molecular weight excluding hydrogens is 426 g/mol. The molecular formula is C18H17BrF2N2O2S. The average molecular weight is 443 g/mol. The van der Waals surface area contributed by atoms with E-state index in [1.807, 2.05) is 0 Å². The minimum atomic E-state index is -3.86. The van der Waals surface area contributed by atoms with Gasteiger partial charge in [0.2, 0.25) is 0 Å². The highest BCUT2D eigenvalue weighted by Gasteiger charge is 2.53. The van der Waals surface area contributed by atoms with Gasteiger partial charge in [-0.1, -0.05) is 34.1 Å². The highest BCUT2D eigenvalue weighted by molar-refractivity contribution is 9.10. The zero-order chi connectivity index (χ0) is 19.3. The lowest BCUT2D eigenvalue weighted by molar-refractivity contribution is 0.469. The molecule has 26 heavy (non-hydrogen) atoms. The first-order valence-electron chi connectivity index (χ1n) is 7.79. The Morgan fingerprint density at radius 2 is 1.85 bits per heavy atom. The highest BCUT2D eigenvalue weighted by atomic mass is 79.9. The fraction of sp³-hybridized carbons (Fsp3) is 0.278. The van der Waals surface area contributed by atoms with Crippen molar-refractivity contribution >= 4 is 31.6 Å². The van der Waals surface area contributed by atoms with Crippen LogP contribution in [0.2, 0.25) is 0 Å². The van der Waals surface area contributed by atoms with Gasteiger partial charge in [-0.15, -0.1) is 0 Å². The molecule has 0 bridgehead atoms. The zero-order valence-electron chi connectivity index (χ0n) is 14.1. The number of hydrogen-bond donors (Lipinski definition) is 1. The number of sulfone groups is 1. The molecule has 2 unspecified atom stereocenters. The molecule has 0 amide bonds. The molecule has 0 spiro atoms. The maximum atomic E-state index is 14.3. The van der Waals surface area contributed by atoms with Crippen LogP contribution in [0.1, 0.15) is 25.0 Å². The lowest BCUT2D eigenvalue weighted by atomic mass is 9.92. The second-order valence-electron chi connectivity index (χ2n) is 6.70. The van der Waals surface area contributed by atoms with E-state index >= 15 is 0 Å². The summed E-state index contributed by atoms with van der Waals surface area (Å²) in [4.78, 5) is 4.37. The van der Waals surface area contributed by atoms with Gasteiger partial charge in [-0.05, 0) is 37.6 Å². The van der Waals surface area contributed by atoms with Crippen molar-refractivity contribution in [3.8, 4) is 0 Å². The molecule has 1 aliphatic heterocycles. The van der Waals surface area contributed by atoms with Crippen molar-refractivity contribution in [3.05, 3.63) is 69.7 Å². The average Bonchev–Trinajstić information content (AvgIpc) is 2.51. The smallest absolute Gasteiger partial charge is 0.169 e. The third-order valence-electron chi connectivity index (χ3n) is 4.84. The molecule has 2 atom stereocenters. The Labute approximate surface area is 159 Å². The van der Waals surface area contributed by atoms with Gasteiger partial charge >= 0.3 is 0 Å². The van der Waals surface area contributed by atoms with Gasteiger partial charge in [0.1, 0.15) is 23.0 Å². The summed E-state index contributed by atoms with van der Waals surface area (Å²) in [7, 11) is -3.86. The van der Waals surface area contributed by atoms with Crippen LogP contribution in [0, 0.1) is 11.6 Å². The van der Waals surface area contributed by atoms with E-state index in [9.17, 15) is 17.2 Å². The summed E-state index contributed by atoms with van der Waals surface area (Å²) in [5.74, 6) is -2.19. The molecule has 2 N–H and O–H groups in total. The number of nitrogens with zero attached hydrogens (tertiary/aromatic N) is 1. The van der Waals surface area contributed by atoms with Crippen LogP contribution in [0.5, 0.6) is 0 Å². The molecule has 0 radical (unpaired) electrons. The van der Waals surface area contributed by atoms with Crippen LogP contribution in [0.25, 0.3) is 0 Å². The van der Waals surface area contributed by atoms with E-state index in [2.05, 4.69) is 20.9 Å². The first-order chi connectivity index (χ1) is 12.0. The zero-order valence-corrected chi connectivity index (χ0v) is 16.5. The van der Waals surface area contributed by atoms with Crippen LogP contribution in [0.3, 0.4) is 0 Å². The highest BCUT2D eigenvalue weighted by Crippen LogP contribution is 2.43. The minimum absolute atomic E-state index is 0.0123. The Morgan fingerprint density at radius 3 is 2.42 bits per heavy atom. The SMILES string of the molecule is CC1(c2ccc(F)cc2F)CS(=O)(=O)C(C)(c2cccc(Br)c2)C(N)=N1. The van der Waals surface area contributed by atoms with Crippen LogP contribution >= 0.6 is 15.9 Å². The third kappa shape index (κ3) is 2.85. The summed E-state index contributed by atoms with van der Waals surface area (Å²) in [6, 6.07) is 9.80. The van der Waals surface area contributed by atoms with E-state index in [4.69, 9.17) is 5.73 Å². The van der Waals surface area contributed by atoms with Crippen molar-refractivity contribution in [3.63, 3.8) is 0 Å². The predicted octanol–water partition coefficient (Wildman–Crippen LogP) is 3.64. The van der Waals surface area contributed by atoms with E-state index in [1.165, 1.54) is 19.9 Å². The molecule has 4 nitrogen and oxygen atoms in total. The molecule has 2 aromatic rings. The lowest BCUT2D eigenvalue weighted by Crippen LogP contribution is -2.54. The lowest BCUT2D eigenvalue weighted by Gasteiger charge is -2.40. The number of halogens is 3. The van der Waals surface area contributed by atoms with Gasteiger partial charge in [-0.2, -0.15) is 0 Å². The second kappa shape index (κ2) is 6.13. The normalized spacial score (nSPS) is 27.8. The predicted molar refractivity (Wildman–Crippen MR) is 101 cm³/mol. The fourth-order valence-corrected chi connectivity index (χ4v) is 5.75. The Kier molecular flexibility index (Phi) is 4.47. The number of nitrogens with two attached hydrogens (primary N) is 1. The Bertz CT molecular complexity index is 1030. The molecule has 0 fully saturated rings. The van der Waals surface area contributed by atoms with E-state index in [0.717, 1.165) is 6.07 Å². The van der Waals surface area contributed by atoms with Crippen LogP contribution in [0.15, 0.2) is 51.9 Å². The Balaban J connectivity index is 2.22. The maximum absolute atomic E-state index is 14.3. The number of amidine groups is 1. The summed E-state index contributed by atoms with van der Waals surface area (Å²) in [5.41, 5.74) is 5.14.